The predicted octanol–water partition coefficient (Wildman–Crippen LogP) is 1.76. The first kappa shape index (κ1) is 7.50. The van der Waals surface area contributed by atoms with Crippen molar-refractivity contribution in [3.63, 3.8) is 0 Å². The van der Waals surface area contributed by atoms with Gasteiger partial charge in [0.15, 0.2) is 0 Å². The van der Waals surface area contributed by atoms with Crippen LogP contribution < -0.4 is 0 Å². The van der Waals surface area contributed by atoms with Crippen molar-refractivity contribution >= 4 is 17.3 Å². The fourth-order valence-corrected chi connectivity index (χ4v) is 0.389. The fourth-order valence-electron chi connectivity index (χ4n) is 0.293. The Kier molecular flexibility index (Phi) is 4.36. The second-order valence-electron chi connectivity index (χ2n) is 1.06. The Hall–Kier alpha value is -0.500. The second-order valence-corrected chi connectivity index (χ2v) is 1.25. The third-order valence-corrected chi connectivity index (χ3v) is 0.730. The number of halogens is 1. The molecule has 0 rings (SSSR count). The molecule has 0 aliphatic rings. The molecule has 0 unspecified atom stereocenters. The van der Waals surface area contributed by atoms with Crippen LogP contribution in [0.15, 0.2) is 17.0 Å². The Morgan fingerprint density at radius 1 is 1.75 bits per heavy atom. The van der Waals surface area contributed by atoms with Crippen molar-refractivity contribution < 1.29 is 4.74 Å². The quantitative estimate of drug-likeness (QED) is 0.416. The predicted molar refractivity (Wildman–Crippen MR) is 35.1 cm³/mol. The van der Waals surface area contributed by atoms with Gasteiger partial charge in [0, 0.05) is 0 Å². The molecular formula is C5H8ClNO. The first-order valence-electron chi connectivity index (χ1n) is 2.18. The maximum atomic E-state index is 5.14. The number of methoxy groups -OCH3 is 1. The van der Waals surface area contributed by atoms with E-state index < -0.39 is 0 Å². The highest BCUT2D eigenvalue weighted by Crippen LogP contribution is 1.94. The number of rotatable bonds is 2. The third-order valence-electron chi connectivity index (χ3n) is 0.632. The first-order valence-corrected chi connectivity index (χ1v) is 2.61. The van der Waals surface area contributed by atoms with Crippen LogP contribution in [0.2, 0.25) is 0 Å². The summed E-state index contributed by atoms with van der Waals surface area (Å²) in [6.07, 6.45) is 1.72. The van der Waals surface area contributed by atoms with Crippen LogP contribution in [0.25, 0.3) is 0 Å². The summed E-state index contributed by atoms with van der Waals surface area (Å²) in [7, 11) is 1.54. The molecule has 0 saturated heterocycles. The molecule has 8 heavy (non-hydrogen) atoms. The second kappa shape index (κ2) is 4.65. The van der Waals surface area contributed by atoms with E-state index >= 15 is 0 Å². The lowest BCUT2D eigenvalue weighted by atomic mass is 10.7. The Balaban J connectivity index is 3.72. The van der Waals surface area contributed by atoms with Gasteiger partial charge in [-0.3, -0.25) is 0 Å². The van der Waals surface area contributed by atoms with Crippen LogP contribution in [0.3, 0.4) is 0 Å². The van der Waals surface area contributed by atoms with Gasteiger partial charge >= 0.3 is 0 Å². The summed E-state index contributed by atoms with van der Waals surface area (Å²) >= 11 is 5.14. The lowest BCUT2D eigenvalue weighted by Crippen LogP contribution is -1.78. The molecule has 0 amide bonds. The molecule has 0 atom stereocenters. The van der Waals surface area contributed by atoms with Gasteiger partial charge < -0.3 is 4.74 Å². The average Bonchev–Trinajstić information content (AvgIpc) is 1.83. The van der Waals surface area contributed by atoms with Crippen LogP contribution >= 0.6 is 11.6 Å². The van der Waals surface area contributed by atoms with Gasteiger partial charge in [0.1, 0.15) is 0 Å². The van der Waals surface area contributed by atoms with E-state index in [1.807, 2.05) is 6.92 Å². The molecule has 0 aromatic heterocycles. The zero-order chi connectivity index (χ0) is 6.41. The van der Waals surface area contributed by atoms with Gasteiger partial charge in [0.2, 0.25) is 5.88 Å². The summed E-state index contributed by atoms with van der Waals surface area (Å²) in [5, 5.41) is 0. The molecule has 0 bridgehead atoms. The molecule has 0 aliphatic carbocycles. The van der Waals surface area contributed by atoms with Crippen molar-refractivity contribution in [3.8, 4) is 0 Å². The zero-order valence-corrected chi connectivity index (χ0v) is 5.64. The molecule has 0 heterocycles. The van der Waals surface area contributed by atoms with Crippen LogP contribution in [-0.2, 0) is 4.74 Å². The van der Waals surface area contributed by atoms with Crippen LogP contribution in [0.4, 0.5) is 0 Å². The molecule has 0 N–H and O–H groups in total. The van der Waals surface area contributed by atoms with E-state index in [2.05, 4.69) is 4.99 Å². The number of nitrogens with zero attached hydrogens (tertiary/aromatic N) is 1. The van der Waals surface area contributed by atoms with E-state index in [0.717, 1.165) is 0 Å². The SMILES string of the molecule is C/C=C(\N=C\Cl)OC. The molecule has 0 radical (unpaired) electrons. The van der Waals surface area contributed by atoms with Crippen LogP contribution in [0.5, 0.6) is 0 Å². The highest BCUT2D eigenvalue weighted by molar-refractivity contribution is 6.56. The molecule has 0 saturated carbocycles. The summed E-state index contributed by atoms with van der Waals surface area (Å²) in [5.74, 6) is 0.528. The topological polar surface area (TPSA) is 21.6 Å². The molecule has 0 aromatic carbocycles. The minimum atomic E-state index is 0.528. The van der Waals surface area contributed by atoms with Crippen molar-refractivity contribution in [1.82, 2.24) is 0 Å². The molecule has 0 spiro atoms. The maximum absolute atomic E-state index is 5.14. The highest BCUT2D eigenvalue weighted by atomic mass is 35.5. The molecule has 2 nitrogen and oxygen atoms in total. The number of aliphatic imine (C=N–C) groups is 1. The fraction of sp³-hybridized carbons (Fsp3) is 0.400. The normalized spacial score (nSPS) is 12.6. The summed E-state index contributed by atoms with van der Waals surface area (Å²) in [6, 6.07) is 0. The number of allylic oxidation sites excluding steroid dienone is 1. The number of hydrogen-bond donors (Lipinski definition) is 0. The Labute approximate surface area is 53.8 Å². The molecule has 3 heteroatoms. The zero-order valence-electron chi connectivity index (χ0n) is 4.89. The number of ether oxygens (including phenoxy) is 1. The number of hydrogen-bond acceptors (Lipinski definition) is 2. The van der Waals surface area contributed by atoms with Gasteiger partial charge in [-0.25, -0.2) is 4.99 Å². The molecular weight excluding hydrogens is 126 g/mol. The van der Waals surface area contributed by atoms with Gasteiger partial charge in [-0.05, 0) is 13.0 Å². The van der Waals surface area contributed by atoms with Gasteiger partial charge in [-0.2, -0.15) is 0 Å². The largest absolute Gasteiger partial charge is 0.481 e. The van der Waals surface area contributed by atoms with E-state index in [-0.39, 0.29) is 0 Å². The standard InChI is InChI=1S/C5H8ClNO/c1-3-5(8-2)7-4-6/h3-4H,1-2H3/b5-3+,7-4+. The van der Waals surface area contributed by atoms with Gasteiger partial charge in [-0.15, -0.1) is 0 Å². The Morgan fingerprint density at radius 2 is 2.38 bits per heavy atom. The van der Waals surface area contributed by atoms with Crippen LogP contribution in [0, 0.1) is 0 Å². The maximum Gasteiger partial charge on any atom is 0.209 e. The summed E-state index contributed by atoms with van der Waals surface area (Å²) in [6.45, 7) is 1.82. The lowest BCUT2D eigenvalue weighted by molar-refractivity contribution is 0.288. The molecule has 0 fully saturated rings. The van der Waals surface area contributed by atoms with Crippen molar-refractivity contribution in [2.45, 2.75) is 6.92 Å². The van der Waals surface area contributed by atoms with E-state index in [0.29, 0.717) is 5.88 Å². The summed E-state index contributed by atoms with van der Waals surface area (Å²) < 4.78 is 4.72. The van der Waals surface area contributed by atoms with Gasteiger partial charge in [0.05, 0.1) is 12.8 Å². The first-order chi connectivity index (χ1) is 3.85. The van der Waals surface area contributed by atoms with Crippen LogP contribution in [-0.4, -0.2) is 12.8 Å². The van der Waals surface area contributed by atoms with E-state index in [4.69, 9.17) is 16.3 Å². The van der Waals surface area contributed by atoms with Crippen molar-refractivity contribution in [3.05, 3.63) is 12.0 Å². The minimum Gasteiger partial charge on any atom is -0.481 e. The molecule has 46 valence electrons. The molecule has 0 aromatic rings. The minimum absolute atomic E-state index is 0.528. The lowest BCUT2D eigenvalue weighted by Gasteiger charge is -1.93. The van der Waals surface area contributed by atoms with Gasteiger partial charge in [0.25, 0.3) is 0 Å². The van der Waals surface area contributed by atoms with E-state index in [1.165, 1.54) is 5.67 Å². The van der Waals surface area contributed by atoms with Crippen LogP contribution in [0.1, 0.15) is 6.92 Å². The highest BCUT2D eigenvalue weighted by Gasteiger charge is 1.81. The van der Waals surface area contributed by atoms with Crippen molar-refractivity contribution in [2.75, 3.05) is 7.11 Å². The third kappa shape index (κ3) is 2.64. The van der Waals surface area contributed by atoms with Crippen molar-refractivity contribution in [2.24, 2.45) is 4.99 Å². The van der Waals surface area contributed by atoms with Crippen molar-refractivity contribution in [1.29, 1.82) is 0 Å². The average molecular weight is 134 g/mol. The Morgan fingerprint density at radius 3 is 2.50 bits per heavy atom. The van der Waals surface area contributed by atoms with E-state index in [1.54, 1.807) is 13.2 Å². The van der Waals surface area contributed by atoms with E-state index in [9.17, 15) is 0 Å². The van der Waals surface area contributed by atoms with Gasteiger partial charge in [-0.1, -0.05) is 11.6 Å². The summed E-state index contributed by atoms with van der Waals surface area (Å²) in [5.41, 5.74) is 1.17. The smallest absolute Gasteiger partial charge is 0.209 e. The monoisotopic (exact) mass is 133 g/mol. The Bertz CT molecular complexity index is 106. The molecule has 0 aliphatic heterocycles. The summed E-state index contributed by atoms with van der Waals surface area (Å²) in [4.78, 5) is 3.64.